The minimum Gasteiger partial charge on any atom is -0.243 e. The van der Waals surface area contributed by atoms with Gasteiger partial charge < -0.3 is 0 Å². The highest BCUT2D eigenvalue weighted by molar-refractivity contribution is 9.10. The van der Waals surface area contributed by atoms with Gasteiger partial charge in [0.15, 0.2) is 11.5 Å². The Kier molecular flexibility index (Phi) is 2.66. The number of hydrogen-bond donors (Lipinski definition) is 0. The molecule has 0 radical (unpaired) electrons. The lowest BCUT2D eigenvalue weighted by molar-refractivity contribution is -0.141. The molecule has 2 aromatic heterocycles. The van der Waals surface area contributed by atoms with Crippen LogP contribution in [0.4, 0.5) is 13.2 Å². The molecule has 0 fully saturated rings. The van der Waals surface area contributed by atoms with Gasteiger partial charge in [-0.3, -0.25) is 0 Å². The molecule has 0 saturated carbocycles. The molecule has 0 aliphatic carbocycles. The van der Waals surface area contributed by atoms with Gasteiger partial charge >= 0.3 is 6.18 Å². The largest absolute Gasteiger partial charge is 0.435 e. The maximum atomic E-state index is 12.3. The van der Waals surface area contributed by atoms with E-state index in [0.29, 0.717) is 4.47 Å². The number of aromatic nitrogens is 4. The second kappa shape index (κ2) is 3.85. The average Bonchev–Trinajstić information content (AvgIpc) is 2.66. The lowest BCUT2D eigenvalue weighted by Gasteiger charge is -2.03. The molecule has 0 saturated heterocycles. The monoisotopic (exact) mass is 292 g/mol. The third-order valence-corrected chi connectivity index (χ3v) is 2.30. The van der Waals surface area contributed by atoms with Crippen LogP contribution in [0.3, 0.4) is 0 Å². The minimum atomic E-state index is -4.45. The Balaban J connectivity index is 2.44. The molecule has 2 aromatic rings. The smallest absolute Gasteiger partial charge is 0.243 e. The van der Waals surface area contributed by atoms with Crippen LogP contribution >= 0.6 is 15.9 Å². The number of hydrogen-bond acceptors (Lipinski definition) is 3. The van der Waals surface area contributed by atoms with Crippen LogP contribution in [0, 0.1) is 0 Å². The lowest BCUT2D eigenvalue weighted by Crippen LogP contribution is -2.08. The van der Waals surface area contributed by atoms with E-state index in [4.69, 9.17) is 0 Å². The summed E-state index contributed by atoms with van der Waals surface area (Å²) in [5.74, 6) is 0.255. The zero-order valence-corrected chi connectivity index (χ0v) is 9.20. The summed E-state index contributed by atoms with van der Waals surface area (Å²) in [6.07, 6.45) is -0.604. The molecule has 16 heavy (non-hydrogen) atoms. The first-order valence-electron chi connectivity index (χ1n) is 4.07. The maximum absolute atomic E-state index is 12.3. The van der Waals surface area contributed by atoms with Gasteiger partial charge in [0.2, 0.25) is 0 Å². The highest BCUT2D eigenvalue weighted by Crippen LogP contribution is 2.28. The Bertz CT molecular complexity index is 508. The zero-order chi connectivity index (χ0) is 11.8. The second-order valence-corrected chi connectivity index (χ2v) is 3.69. The zero-order valence-electron chi connectivity index (χ0n) is 7.61. The molecule has 2 rings (SSSR count). The van der Waals surface area contributed by atoms with Crippen LogP contribution < -0.4 is 0 Å². The third kappa shape index (κ3) is 2.06. The molecule has 0 aliphatic rings. The second-order valence-electron chi connectivity index (χ2n) is 2.84. The van der Waals surface area contributed by atoms with Gasteiger partial charge in [-0.05, 0) is 22.0 Å². The fraction of sp³-hybridized carbons (Fsp3) is 0.125. The van der Waals surface area contributed by atoms with Crippen LogP contribution in [-0.4, -0.2) is 19.7 Å². The molecule has 0 bridgehead atoms. The molecule has 84 valence electrons. The summed E-state index contributed by atoms with van der Waals surface area (Å²) in [6, 6.07) is 0.883. The van der Waals surface area contributed by atoms with Crippen molar-refractivity contribution in [1.29, 1.82) is 0 Å². The van der Waals surface area contributed by atoms with E-state index >= 15 is 0 Å². The predicted octanol–water partition coefficient (Wildman–Crippen LogP) is 2.44. The Labute approximate surface area is 96.3 Å². The molecule has 4 nitrogen and oxygen atoms in total. The molecule has 0 N–H and O–H groups in total. The van der Waals surface area contributed by atoms with Crippen LogP contribution in [0.25, 0.3) is 5.82 Å². The van der Waals surface area contributed by atoms with E-state index in [1.807, 2.05) is 0 Å². The first-order chi connectivity index (χ1) is 7.48. The average molecular weight is 293 g/mol. The molecule has 0 atom stereocenters. The first kappa shape index (κ1) is 11.1. The SMILES string of the molecule is FC(F)(F)c1ccn(-c2ncncc2Br)n1. The summed E-state index contributed by atoms with van der Waals surface area (Å²) in [7, 11) is 0. The molecule has 0 aromatic carbocycles. The Hall–Kier alpha value is -1.44. The van der Waals surface area contributed by atoms with Crippen LogP contribution in [0.5, 0.6) is 0 Å². The summed E-state index contributed by atoms with van der Waals surface area (Å²) in [5.41, 5.74) is -0.960. The Morgan fingerprint density at radius 2 is 2.06 bits per heavy atom. The molecule has 0 spiro atoms. The molecular weight excluding hydrogens is 289 g/mol. The van der Waals surface area contributed by atoms with Crippen molar-refractivity contribution in [2.75, 3.05) is 0 Å². The third-order valence-electron chi connectivity index (χ3n) is 1.74. The summed E-state index contributed by atoms with van der Waals surface area (Å²) >= 11 is 3.13. The van der Waals surface area contributed by atoms with Crippen molar-refractivity contribution >= 4 is 15.9 Å². The minimum absolute atomic E-state index is 0.255. The van der Waals surface area contributed by atoms with Crippen molar-refractivity contribution < 1.29 is 13.2 Å². The first-order valence-corrected chi connectivity index (χ1v) is 4.86. The van der Waals surface area contributed by atoms with Crippen LogP contribution in [0.2, 0.25) is 0 Å². The van der Waals surface area contributed by atoms with Gasteiger partial charge in [0.1, 0.15) is 6.33 Å². The van der Waals surface area contributed by atoms with Crippen molar-refractivity contribution in [3.8, 4) is 5.82 Å². The molecule has 0 amide bonds. The fourth-order valence-electron chi connectivity index (χ4n) is 1.07. The van der Waals surface area contributed by atoms with Crippen molar-refractivity contribution in [2.45, 2.75) is 6.18 Å². The fourth-order valence-corrected chi connectivity index (χ4v) is 1.47. The van der Waals surface area contributed by atoms with Gasteiger partial charge in [-0.25, -0.2) is 14.6 Å². The summed E-state index contributed by atoms with van der Waals surface area (Å²) < 4.78 is 38.4. The van der Waals surface area contributed by atoms with E-state index in [-0.39, 0.29) is 5.82 Å². The van der Waals surface area contributed by atoms with E-state index in [1.165, 1.54) is 18.7 Å². The van der Waals surface area contributed by atoms with Gasteiger partial charge in [-0.15, -0.1) is 0 Å². The van der Waals surface area contributed by atoms with Crippen LogP contribution in [-0.2, 0) is 6.18 Å². The highest BCUT2D eigenvalue weighted by atomic mass is 79.9. The Morgan fingerprint density at radius 1 is 1.31 bits per heavy atom. The maximum Gasteiger partial charge on any atom is 0.435 e. The number of nitrogens with zero attached hydrogens (tertiary/aromatic N) is 4. The topological polar surface area (TPSA) is 43.6 Å². The molecule has 8 heteroatoms. The van der Waals surface area contributed by atoms with Crippen molar-refractivity contribution in [2.24, 2.45) is 0 Å². The highest BCUT2D eigenvalue weighted by Gasteiger charge is 2.33. The predicted molar refractivity (Wildman–Crippen MR) is 51.9 cm³/mol. The normalized spacial score (nSPS) is 11.8. The van der Waals surface area contributed by atoms with Crippen LogP contribution in [0.15, 0.2) is 29.3 Å². The van der Waals surface area contributed by atoms with E-state index < -0.39 is 11.9 Å². The summed E-state index contributed by atoms with van der Waals surface area (Å²) in [6.45, 7) is 0. The van der Waals surface area contributed by atoms with E-state index in [9.17, 15) is 13.2 Å². The summed E-state index contributed by atoms with van der Waals surface area (Å²) in [5, 5.41) is 3.38. The van der Waals surface area contributed by atoms with E-state index in [0.717, 1.165) is 10.7 Å². The van der Waals surface area contributed by atoms with Crippen molar-refractivity contribution in [3.63, 3.8) is 0 Å². The van der Waals surface area contributed by atoms with Crippen LogP contribution in [0.1, 0.15) is 5.69 Å². The van der Waals surface area contributed by atoms with Gasteiger partial charge in [0, 0.05) is 12.4 Å². The number of halogens is 4. The molecule has 2 heterocycles. The standard InChI is InChI=1S/C8H4BrF3N4/c9-5-3-13-4-14-7(5)16-2-1-6(15-16)8(10,11)12/h1-4H. The summed E-state index contributed by atoms with van der Waals surface area (Å²) in [4.78, 5) is 7.52. The van der Waals surface area contributed by atoms with Crippen molar-refractivity contribution in [1.82, 2.24) is 19.7 Å². The van der Waals surface area contributed by atoms with Gasteiger partial charge in [-0.1, -0.05) is 0 Å². The molecule has 0 unspecified atom stereocenters. The van der Waals surface area contributed by atoms with Gasteiger partial charge in [0.25, 0.3) is 0 Å². The molecule has 0 aliphatic heterocycles. The van der Waals surface area contributed by atoms with E-state index in [1.54, 1.807) is 0 Å². The van der Waals surface area contributed by atoms with E-state index in [2.05, 4.69) is 31.0 Å². The Morgan fingerprint density at radius 3 is 2.62 bits per heavy atom. The quantitative estimate of drug-likeness (QED) is 0.811. The number of alkyl halides is 3. The van der Waals surface area contributed by atoms with Gasteiger partial charge in [-0.2, -0.15) is 18.3 Å². The number of rotatable bonds is 1. The van der Waals surface area contributed by atoms with Gasteiger partial charge in [0.05, 0.1) is 4.47 Å². The van der Waals surface area contributed by atoms with Crippen molar-refractivity contribution in [3.05, 3.63) is 35.0 Å². The molecular formula is C8H4BrF3N4. The lowest BCUT2D eigenvalue weighted by atomic mass is 10.4.